The zero-order valence-corrected chi connectivity index (χ0v) is 12.8. The van der Waals surface area contributed by atoms with Crippen molar-refractivity contribution in [3.8, 4) is 5.75 Å². The van der Waals surface area contributed by atoms with Gasteiger partial charge in [-0.25, -0.2) is 0 Å². The molecule has 2 aromatic rings. The largest absolute Gasteiger partial charge is 0.494 e. The number of amides is 1. The molecule has 1 heterocycles. The lowest BCUT2D eigenvalue weighted by atomic mass is 10.2. The smallest absolute Gasteiger partial charge is 0.279 e. The van der Waals surface area contributed by atoms with Gasteiger partial charge in [0, 0.05) is 6.07 Å². The topological polar surface area (TPSA) is 111 Å². The number of nitro groups is 1. The van der Waals surface area contributed by atoms with Crippen LogP contribution in [-0.2, 0) is 4.79 Å². The Labute approximate surface area is 132 Å². The van der Waals surface area contributed by atoms with Crippen molar-refractivity contribution in [1.82, 2.24) is 0 Å². The third-order valence-electron chi connectivity index (χ3n) is 3.32. The molecule has 1 amide bonds. The van der Waals surface area contributed by atoms with Gasteiger partial charge in [0.15, 0.2) is 12.3 Å². The van der Waals surface area contributed by atoms with Crippen molar-refractivity contribution in [2.24, 2.45) is 0 Å². The van der Waals surface area contributed by atoms with Gasteiger partial charge in [0.2, 0.25) is 0 Å². The quantitative estimate of drug-likeness (QED) is 0.592. The number of furan rings is 1. The Hall–Kier alpha value is -2.87. The average molecular weight is 320 g/mol. The summed E-state index contributed by atoms with van der Waals surface area (Å²) in [7, 11) is 1.39. The fourth-order valence-electron chi connectivity index (χ4n) is 2.05. The Bertz CT molecular complexity index is 684. The summed E-state index contributed by atoms with van der Waals surface area (Å²) in [5.74, 6) is 0.785. The highest BCUT2D eigenvalue weighted by molar-refractivity contribution is 5.93. The van der Waals surface area contributed by atoms with E-state index in [-0.39, 0.29) is 29.9 Å². The summed E-state index contributed by atoms with van der Waals surface area (Å²) in [6.45, 7) is 2.11. The van der Waals surface area contributed by atoms with Crippen LogP contribution < -0.4 is 15.4 Å². The van der Waals surface area contributed by atoms with E-state index >= 15 is 0 Å². The van der Waals surface area contributed by atoms with Crippen LogP contribution in [0.2, 0.25) is 0 Å². The number of hydrogen-bond donors (Lipinski definition) is 2. The summed E-state index contributed by atoms with van der Waals surface area (Å²) >= 11 is 0. The number of nitro benzene ring substituents is 1. The molecular formula is C15H18N3O5+. The molecule has 0 saturated carbocycles. The number of non-ortho nitro benzene ring substituents is 1. The lowest BCUT2D eigenvalue weighted by Crippen LogP contribution is -2.86. The normalized spacial score (nSPS) is 11.7. The molecule has 8 heteroatoms. The van der Waals surface area contributed by atoms with Gasteiger partial charge >= 0.3 is 0 Å². The van der Waals surface area contributed by atoms with Gasteiger partial charge in [0.1, 0.15) is 11.8 Å². The molecule has 2 rings (SSSR count). The summed E-state index contributed by atoms with van der Waals surface area (Å²) in [5.41, 5.74) is 0.292. The van der Waals surface area contributed by atoms with Crippen molar-refractivity contribution in [2.45, 2.75) is 13.0 Å². The maximum absolute atomic E-state index is 12.0. The van der Waals surface area contributed by atoms with Crippen molar-refractivity contribution < 1.29 is 24.2 Å². The molecule has 3 N–H and O–H groups in total. The molecule has 8 nitrogen and oxygen atoms in total. The van der Waals surface area contributed by atoms with Crippen molar-refractivity contribution >= 4 is 17.3 Å². The van der Waals surface area contributed by atoms with Gasteiger partial charge < -0.3 is 19.8 Å². The third-order valence-corrected chi connectivity index (χ3v) is 3.32. The first-order chi connectivity index (χ1) is 11.0. The Morgan fingerprint density at radius 1 is 1.48 bits per heavy atom. The molecule has 0 radical (unpaired) electrons. The number of nitrogens with two attached hydrogens (primary N) is 1. The van der Waals surface area contributed by atoms with E-state index < -0.39 is 4.92 Å². The predicted molar refractivity (Wildman–Crippen MR) is 82.2 cm³/mol. The number of hydrogen-bond acceptors (Lipinski definition) is 5. The molecule has 0 bridgehead atoms. The zero-order chi connectivity index (χ0) is 16.8. The number of nitrogens with one attached hydrogen (secondary N) is 1. The number of rotatable bonds is 7. The van der Waals surface area contributed by atoms with Gasteiger partial charge in [-0.15, -0.1) is 0 Å². The second-order valence-electron chi connectivity index (χ2n) is 4.93. The first kappa shape index (κ1) is 16.5. The molecule has 122 valence electrons. The van der Waals surface area contributed by atoms with E-state index in [9.17, 15) is 14.9 Å². The second kappa shape index (κ2) is 7.41. The first-order valence-electron chi connectivity index (χ1n) is 7.00. The van der Waals surface area contributed by atoms with Crippen LogP contribution in [0.15, 0.2) is 41.0 Å². The Kier molecular flexibility index (Phi) is 5.32. The molecule has 0 aliphatic carbocycles. The van der Waals surface area contributed by atoms with Gasteiger partial charge in [-0.05, 0) is 25.1 Å². The van der Waals surface area contributed by atoms with Gasteiger partial charge in [0.05, 0.1) is 30.1 Å². The Balaban J connectivity index is 1.96. The molecule has 23 heavy (non-hydrogen) atoms. The maximum atomic E-state index is 12.0. The minimum Gasteiger partial charge on any atom is -0.494 e. The van der Waals surface area contributed by atoms with Crippen molar-refractivity contribution in [2.75, 3.05) is 19.0 Å². The van der Waals surface area contributed by atoms with Gasteiger partial charge in [-0.2, -0.15) is 0 Å². The zero-order valence-electron chi connectivity index (χ0n) is 12.8. The van der Waals surface area contributed by atoms with Crippen LogP contribution >= 0.6 is 0 Å². The molecule has 1 aromatic carbocycles. The molecule has 1 aromatic heterocycles. The van der Waals surface area contributed by atoms with Crippen LogP contribution in [0.25, 0.3) is 0 Å². The number of ether oxygens (including phenoxy) is 1. The maximum Gasteiger partial charge on any atom is 0.279 e. The van der Waals surface area contributed by atoms with E-state index in [1.807, 2.05) is 18.3 Å². The molecule has 0 aliphatic rings. The number of nitrogens with zero attached hydrogens (tertiary/aromatic N) is 1. The summed E-state index contributed by atoms with van der Waals surface area (Å²) in [5, 5.41) is 15.2. The summed E-state index contributed by atoms with van der Waals surface area (Å²) in [4.78, 5) is 22.2. The van der Waals surface area contributed by atoms with Crippen LogP contribution in [0.3, 0.4) is 0 Å². The van der Waals surface area contributed by atoms with Gasteiger partial charge in [-0.1, -0.05) is 0 Å². The molecule has 0 saturated heterocycles. The van der Waals surface area contributed by atoms with Crippen LogP contribution in [-0.4, -0.2) is 24.5 Å². The van der Waals surface area contributed by atoms with Crippen molar-refractivity contribution in [1.29, 1.82) is 0 Å². The van der Waals surface area contributed by atoms with E-state index in [2.05, 4.69) is 5.32 Å². The highest BCUT2D eigenvalue weighted by Crippen LogP contribution is 2.28. The van der Waals surface area contributed by atoms with E-state index in [1.54, 1.807) is 12.3 Å². The highest BCUT2D eigenvalue weighted by atomic mass is 16.6. The standard InChI is InChI=1S/C15H17N3O5/c1-10(13-4-3-7-23-13)16-9-15(19)17-12-6-5-11(18(20)21)8-14(12)22-2/h3-8,10,16H,9H2,1-2H3,(H,17,19)/p+1/t10-/m0/s1. The summed E-state index contributed by atoms with van der Waals surface area (Å²) in [6, 6.07) is 7.68. The number of quaternary nitrogens is 1. The lowest BCUT2D eigenvalue weighted by Gasteiger charge is -2.11. The average Bonchev–Trinajstić information content (AvgIpc) is 3.07. The highest BCUT2D eigenvalue weighted by Gasteiger charge is 2.16. The molecule has 0 spiro atoms. The monoisotopic (exact) mass is 320 g/mol. The van der Waals surface area contributed by atoms with Gasteiger partial charge in [-0.3, -0.25) is 14.9 Å². The van der Waals surface area contributed by atoms with Crippen LogP contribution in [0.5, 0.6) is 5.75 Å². The molecule has 0 aliphatic heterocycles. The van der Waals surface area contributed by atoms with E-state index in [1.165, 1.54) is 25.3 Å². The molecule has 0 fully saturated rings. The molecular weight excluding hydrogens is 302 g/mol. The summed E-state index contributed by atoms with van der Waals surface area (Å²) in [6.07, 6.45) is 1.58. The summed E-state index contributed by atoms with van der Waals surface area (Å²) < 4.78 is 10.3. The minimum absolute atomic E-state index is 0.00880. The second-order valence-corrected chi connectivity index (χ2v) is 4.93. The first-order valence-corrected chi connectivity index (χ1v) is 7.00. The number of anilines is 1. The third kappa shape index (κ3) is 4.30. The van der Waals surface area contributed by atoms with E-state index in [4.69, 9.17) is 9.15 Å². The molecule has 0 unspecified atom stereocenters. The van der Waals surface area contributed by atoms with Gasteiger partial charge in [0.25, 0.3) is 11.6 Å². The van der Waals surface area contributed by atoms with Crippen LogP contribution in [0.4, 0.5) is 11.4 Å². The fourth-order valence-corrected chi connectivity index (χ4v) is 2.05. The van der Waals surface area contributed by atoms with Crippen LogP contribution in [0.1, 0.15) is 18.7 Å². The Morgan fingerprint density at radius 2 is 2.26 bits per heavy atom. The molecule has 1 atom stereocenters. The number of methoxy groups -OCH3 is 1. The Morgan fingerprint density at radius 3 is 2.87 bits per heavy atom. The predicted octanol–water partition coefficient (Wildman–Crippen LogP) is 1.46. The minimum atomic E-state index is -0.521. The lowest BCUT2D eigenvalue weighted by molar-refractivity contribution is -0.684. The van der Waals surface area contributed by atoms with E-state index in [0.29, 0.717) is 5.69 Å². The van der Waals surface area contributed by atoms with Crippen molar-refractivity contribution in [3.05, 3.63) is 52.5 Å². The van der Waals surface area contributed by atoms with Crippen molar-refractivity contribution in [3.63, 3.8) is 0 Å². The SMILES string of the molecule is COc1cc([N+](=O)[O-])ccc1NC(=O)C[NH2+][C@@H](C)c1ccco1. The van der Waals surface area contributed by atoms with E-state index in [0.717, 1.165) is 5.76 Å². The van der Waals surface area contributed by atoms with Crippen LogP contribution in [0, 0.1) is 10.1 Å². The number of carbonyl (C=O) groups is 1. The number of benzene rings is 1. The fraction of sp³-hybridized carbons (Fsp3) is 0.267. The number of carbonyl (C=O) groups excluding carboxylic acids is 1.